The first-order chi connectivity index (χ1) is 18.7. The first kappa shape index (κ1) is 25.6. The van der Waals surface area contributed by atoms with E-state index in [-0.39, 0.29) is 23.7 Å². The minimum Gasteiger partial charge on any atom is -0.453 e. The zero-order valence-electron chi connectivity index (χ0n) is 22.0. The molecule has 2 aliphatic heterocycles. The molecule has 6 rings (SSSR count). The lowest BCUT2D eigenvalue weighted by Gasteiger charge is -2.39. The average Bonchev–Trinajstić information content (AvgIpc) is 3.48. The highest BCUT2D eigenvalue weighted by Crippen LogP contribution is 2.44. The number of likely N-dealkylation sites (tertiary alicyclic amines) is 1. The van der Waals surface area contributed by atoms with E-state index in [1.165, 1.54) is 7.11 Å². The van der Waals surface area contributed by atoms with Gasteiger partial charge < -0.3 is 14.5 Å². The quantitative estimate of drug-likeness (QED) is 0.512. The second kappa shape index (κ2) is 9.82. The molecule has 2 saturated heterocycles. The van der Waals surface area contributed by atoms with Gasteiger partial charge in [0.25, 0.3) is 5.91 Å². The van der Waals surface area contributed by atoms with Gasteiger partial charge in [0.05, 0.1) is 35.8 Å². The van der Waals surface area contributed by atoms with Crippen LogP contribution in [0.2, 0.25) is 0 Å². The molecule has 3 aromatic rings. The number of amides is 2. The molecule has 0 radical (unpaired) electrons. The first-order valence-corrected chi connectivity index (χ1v) is 15.2. The lowest BCUT2D eigenvalue weighted by Crippen LogP contribution is -2.47. The van der Waals surface area contributed by atoms with Gasteiger partial charge in [0.15, 0.2) is 5.65 Å². The molecule has 0 spiro atoms. The van der Waals surface area contributed by atoms with Gasteiger partial charge in [-0.3, -0.25) is 4.79 Å². The Morgan fingerprint density at radius 2 is 1.85 bits per heavy atom. The number of nitrogens with zero attached hydrogens (tertiary/aromatic N) is 5. The first-order valence-electron chi connectivity index (χ1n) is 13.3. The molecule has 39 heavy (non-hydrogen) atoms. The van der Waals surface area contributed by atoms with Crippen LogP contribution in [0.4, 0.5) is 10.5 Å². The third-order valence-corrected chi connectivity index (χ3v) is 8.79. The van der Waals surface area contributed by atoms with Crippen LogP contribution >= 0.6 is 0 Å². The van der Waals surface area contributed by atoms with E-state index in [0.29, 0.717) is 31.2 Å². The zero-order chi connectivity index (χ0) is 27.3. The van der Waals surface area contributed by atoms with Crippen molar-refractivity contribution in [1.29, 1.82) is 0 Å². The van der Waals surface area contributed by atoms with Crippen LogP contribution in [0.15, 0.2) is 36.4 Å². The van der Waals surface area contributed by atoms with Crippen LogP contribution in [0.5, 0.6) is 0 Å². The Morgan fingerprint density at radius 1 is 1.08 bits per heavy atom. The second-order valence-corrected chi connectivity index (χ2v) is 12.5. The van der Waals surface area contributed by atoms with Gasteiger partial charge in [-0.05, 0) is 49.8 Å². The third kappa shape index (κ3) is 4.70. The molecule has 0 bridgehead atoms. The maximum atomic E-state index is 13.1. The number of fused-ring (bicyclic) bond motifs is 2. The molecule has 3 aliphatic rings. The van der Waals surface area contributed by atoms with Gasteiger partial charge in [0.2, 0.25) is 10.0 Å². The fraction of sp³-hybridized carbons (Fsp3) is 0.481. The van der Waals surface area contributed by atoms with Gasteiger partial charge in [-0.2, -0.15) is 5.10 Å². The lowest BCUT2D eigenvalue weighted by molar-refractivity contribution is 0.0976. The molecule has 2 amide bonds. The molecule has 12 heteroatoms. The number of nitrogens with one attached hydrogen (secondary N) is 1. The maximum Gasteiger partial charge on any atom is 0.409 e. The smallest absolute Gasteiger partial charge is 0.409 e. The molecule has 1 saturated carbocycles. The fourth-order valence-electron chi connectivity index (χ4n) is 6.17. The number of hydrogen-bond acceptors (Lipinski definition) is 8. The van der Waals surface area contributed by atoms with Crippen molar-refractivity contribution in [1.82, 2.24) is 24.4 Å². The molecule has 2 atom stereocenters. The number of piperidine rings is 1. The van der Waals surface area contributed by atoms with Crippen molar-refractivity contribution in [3.05, 3.63) is 47.8 Å². The van der Waals surface area contributed by atoms with E-state index < -0.39 is 15.9 Å². The van der Waals surface area contributed by atoms with E-state index in [9.17, 15) is 18.0 Å². The summed E-state index contributed by atoms with van der Waals surface area (Å²) in [6.45, 7) is 2.02. The molecule has 1 N–H and O–H groups in total. The number of para-hydroxylation sites is 1. The van der Waals surface area contributed by atoms with Crippen LogP contribution in [0, 0.1) is 5.92 Å². The molecular formula is C27H32N6O5S. The van der Waals surface area contributed by atoms with Crippen molar-refractivity contribution >= 4 is 38.7 Å². The summed E-state index contributed by atoms with van der Waals surface area (Å²) in [5, 5.41) is 5.94. The van der Waals surface area contributed by atoms with Gasteiger partial charge >= 0.3 is 6.09 Å². The van der Waals surface area contributed by atoms with Crippen LogP contribution in [-0.2, 0) is 14.8 Å². The number of ether oxygens (including phenoxy) is 1. The van der Waals surface area contributed by atoms with Crippen molar-refractivity contribution < 1.29 is 22.7 Å². The van der Waals surface area contributed by atoms with Gasteiger partial charge in [0, 0.05) is 31.6 Å². The summed E-state index contributed by atoms with van der Waals surface area (Å²) in [4.78, 5) is 34.1. The number of methoxy groups -OCH3 is 1. The Morgan fingerprint density at radius 3 is 2.51 bits per heavy atom. The molecule has 2 aromatic heterocycles. The minimum absolute atomic E-state index is 0.0184. The van der Waals surface area contributed by atoms with E-state index in [4.69, 9.17) is 14.8 Å². The topological polar surface area (TPSA) is 127 Å². The summed E-state index contributed by atoms with van der Waals surface area (Å²) in [5.41, 5.74) is 3.16. The summed E-state index contributed by atoms with van der Waals surface area (Å²) in [6.07, 6.45) is 5.50. The monoisotopic (exact) mass is 552 g/mol. The Kier molecular flexibility index (Phi) is 6.44. The highest BCUT2D eigenvalue weighted by atomic mass is 32.2. The average molecular weight is 553 g/mol. The number of pyridine rings is 1. The summed E-state index contributed by atoms with van der Waals surface area (Å²) in [5.74, 6) is -0.225. The Labute approximate surface area is 227 Å². The lowest BCUT2D eigenvalue weighted by atomic mass is 9.81. The van der Waals surface area contributed by atoms with Crippen LogP contribution in [0.1, 0.15) is 54.2 Å². The highest BCUT2D eigenvalue weighted by Gasteiger charge is 2.42. The highest BCUT2D eigenvalue weighted by molar-refractivity contribution is 7.89. The predicted octanol–water partition coefficient (Wildman–Crippen LogP) is 3.04. The zero-order valence-corrected chi connectivity index (χ0v) is 22.9. The molecule has 2 unspecified atom stereocenters. The van der Waals surface area contributed by atoms with Crippen molar-refractivity contribution in [2.75, 3.05) is 37.9 Å². The summed E-state index contributed by atoms with van der Waals surface area (Å²) in [6, 6.07) is 11.5. The van der Waals surface area contributed by atoms with Crippen molar-refractivity contribution in [3.63, 3.8) is 0 Å². The molecule has 3 fully saturated rings. The normalized spacial score (nSPS) is 21.5. The van der Waals surface area contributed by atoms with Crippen LogP contribution in [0.25, 0.3) is 16.7 Å². The SMILES string of the molecule is COC(=O)N1CCC2CN(c3cc(C(=O)NS(C)(=O)=O)nc4c3c(C3CCC3)nn4-c3ccccc3)CCC21. The predicted molar refractivity (Wildman–Crippen MR) is 146 cm³/mol. The Balaban J connectivity index is 1.48. The summed E-state index contributed by atoms with van der Waals surface area (Å²) in [7, 11) is -2.37. The van der Waals surface area contributed by atoms with Crippen LogP contribution in [0.3, 0.4) is 0 Å². The summed E-state index contributed by atoms with van der Waals surface area (Å²) < 4.78 is 32.6. The number of carbonyl (C=O) groups excluding carboxylic acids is 2. The molecule has 1 aliphatic carbocycles. The van der Waals surface area contributed by atoms with Gasteiger partial charge in [-0.1, -0.05) is 24.6 Å². The number of benzene rings is 1. The number of sulfonamides is 1. The standard InChI is InChI=1S/C27H32N6O5S/c1-38-27(35)32-14-11-18-16-31(13-12-21(18)32)22-15-20(26(34)30-39(2,36)37)28-25-23(22)24(17-7-6-8-17)29-33(25)19-9-4-3-5-10-19/h3-5,9-10,15,17-18,21H,6-8,11-14,16H2,1-2H3,(H,30,34). The van der Waals surface area contributed by atoms with E-state index >= 15 is 0 Å². The molecule has 206 valence electrons. The van der Waals surface area contributed by atoms with Crippen LogP contribution < -0.4 is 9.62 Å². The molecule has 4 heterocycles. The maximum absolute atomic E-state index is 13.1. The van der Waals surface area contributed by atoms with Crippen LogP contribution in [-0.4, -0.2) is 79.1 Å². The van der Waals surface area contributed by atoms with E-state index in [1.807, 2.05) is 35.2 Å². The van der Waals surface area contributed by atoms with Crippen molar-refractivity contribution in [3.8, 4) is 5.69 Å². The van der Waals surface area contributed by atoms with Crippen molar-refractivity contribution in [2.45, 2.75) is 44.1 Å². The molecule has 11 nitrogen and oxygen atoms in total. The Bertz CT molecular complexity index is 1530. The minimum atomic E-state index is -3.78. The van der Waals surface area contributed by atoms with Gasteiger partial charge in [-0.15, -0.1) is 0 Å². The Hall–Kier alpha value is -3.67. The van der Waals surface area contributed by atoms with E-state index in [1.54, 1.807) is 10.7 Å². The van der Waals surface area contributed by atoms with Gasteiger partial charge in [-0.25, -0.2) is 27.6 Å². The number of hydrogen-bond donors (Lipinski definition) is 1. The van der Waals surface area contributed by atoms with E-state index in [2.05, 4.69) is 9.62 Å². The van der Waals surface area contributed by atoms with Crippen molar-refractivity contribution in [2.24, 2.45) is 5.92 Å². The third-order valence-electron chi connectivity index (χ3n) is 8.23. The number of anilines is 1. The fourth-order valence-corrected chi connectivity index (χ4v) is 6.61. The van der Waals surface area contributed by atoms with E-state index in [0.717, 1.165) is 60.8 Å². The number of aromatic nitrogens is 3. The largest absolute Gasteiger partial charge is 0.453 e. The molecular weight excluding hydrogens is 520 g/mol. The second-order valence-electron chi connectivity index (χ2n) is 10.7. The van der Waals surface area contributed by atoms with Gasteiger partial charge in [0.1, 0.15) is 5.69 Å². The number of carbonyl (C=O) groups is 2. The summed E-state index contributed by atoms with van der Waals surface area (Å²) >= 11 is 0. The molecule has 1 aromatic carbocycles. The number of rotatable bonds is 5.